The van der Waals surface area contributed by atoms with Crippen LogP contribution in [0.25, 0.3) is 0 Å². The van der Waals surface area contributed by atoms with Crippen molar-refractivity contribution in [3.05, 3.63) is 109 Å². The number of hydrogen-bond donors (Lipinski definition) is 0. The molecule has 0 radical (unpaired) electrons. The molecule has 2 fully saturated rings. The molecule has 0 atom stereocenters. The van der Waals surface area contributed by atoms with E-state index in [1.54, 1.807) is 100 Å². The van der Waals surface area contributed by atoms with E-state index in [1.807, 2.05) is 0 Å². The Bertz CT molecular complexity index is 2500. The van der Waals surface area contributed by atoms with E-state index in [9.17, 15) is 47.9 Å². The summed E-state index contributed by atoms with van der Waals surface area (Å²) in [6, 6.07) is 19.8. The minimum Gasteiger partial charge on any atom is -0.465 e. The van der Waals surface area contributed by atoms with E-state index in [0.29, 0.717) is 75.7 Å². The van der Waals surface area contributed by atoms with Crippen molar-refractivity contribution in [2.75, 3.05) is 39.6 Å². The molecule has 0 spiro atoms. The Hall–Kier alpha value is -8.16. The first-order valence-electron chi connectivity index (χ1n) is 27.4. The third-order valence-electron chi connectivity index (χ3n) is 13.5. The van der Waals surface area contributed by atoms with E-state index < -0.39 is 94.2 Å². The van der Waals surface area contributed by atoms with Crippen LogP contribution < -0.4 is 18.9 Å². The van der Waals surface area contributed by atoms with Gasteiger partial charge in [0.2, 0.25) is 0 Å². The Morgan fingerprint density at radius 1 is 0.378 bits per heavy atom. The van der Waals surface area contributed by atoms with Crippen molar-refractivity contribution in [1.82, 2.24) is 0 Å². The van der Waals surface area contributed by atoms with Gasteiger partial charge in [-0.3, -0.25) is 38.4 Å². The highest BCUT2D eigenvalue weighted by atomic mass is 16.6. The molecule has 2 aliphatic rings. The Balaban J connectivity index is 0.899. The second kappa shape index (κ2) is 32.3. The van der Waals surface area contributed by atoms with Crippen molar-refractivity contribution in [2.45, 2.75) is 118 Å². The van der Waals surface area contributed by atoms with Crippen molar-refractivity contribution in [3.63, 3.8) is 0 Å². The monoisotopic (exact) mass is 1140 g/mol. The number of benzene rings is 3. The van der Waals surface area contributed by atoms with Crippen molar-refractivity contribution in [1.29, 1.82) is 0 Å². The fourth-order valence-corrected chi connectivity index (χ4v) is 8.50. The van der Waals surface area contributed by atoms with Gasteiger partial charge in [-0.25, -0.2) is 9.59 Å². The fourth-order valence-electron chi connectivity index (χ4n) is 8.50. The smallest absolute Gasteiger partial charge is 0.330 e. The molecule has 442 valence electrons. The highest BCUT2D eigenvalue weighted by Crippen LogP contribution is 2.34. The lowest BCUT2D eigenvalue weighted by Crippen LogP contribution is -2.30. The maximum atomic E-state index is 13.1. The maximum Gasteiger partial charge on any atom is 0.330 e. The van der Waals surface area contributed by atoms with Crippen LogP contribution in [0.15, 0.2) is 98.1 Å². The van der Waals surface area contributed by atoms with Crippen molar-refractivity contribution >= 4 is 59.7 Å². The first-order chi connectivity index (χ1) is 39.1. The van der Waals surface area contributed by atoms with Gasteiger partial charge in [0, 0.05) is 35.8 Å². The van der Waals surface area contributed by atoms with Gasteiger partial charge >= 0.3 is 59.7 Å². The molecule has 0 aromatic heterocycles. The number of hydrogen-bond acceptors (Lipinski definition) is 20. The van der Waals surface area contributed by atoms with Crippen LogP contribution in [-0.4, -0.2) is 99.3 Å². The molecular weight excluding hydrogens is 1060 g/mol. The van der Waals surface area contributed by atoms with E-state index >= 15 is 0 Å². The van der Waals surface area contributed by atoms with E-state index in [4.69, 9.17) is 47.4 Å². The fraction of sp³-hybridized carbons (Fsp3) is 0.484. The molecule has 0 unspecified atom stereocenters. The zero-order chi connectivity index (χ0) is 59.7. The van der Waals surface area contributed by atoms with Crippen LogP contribution in [0.4, 0.5) is 0 Å². The topological polar surface area (TPSA) is 263 Å². The van der Waals surface area contributed by atoms with E-state index in [2.05, 4.69) is 13.2 Å². The molecule has 5 rings (SSSR count). The average Bonchev–Trinajstić information content (AvgIpc) is 3.48. The predicted octanol–water partition coefficient (Wildman–Crippen LogP) is 8.65. The molecule has 3 aromatic rings. The van der Waals surface area contributed by atoms with Gasteiger partial charge in [0.05, 0.1) is 89.0 Å². The van der Waals surface area contributed by atoms with Crippen LogP contribution in [-0.2, 0) is 89.2 Å². The van der Waals surface area contributed by atoms with Crippen LogP contribution in [0.1, 0.15) is 116 Å². The van der Waals surface area contributed by atoms with E-state index in [0.717, 1.165) is 23.3 Å². The molecule has 0 heterocycles. The summed E-state index contributed by atoms with van der Waals surface area (Å²) in [7, 11) is 0. The largest absolute Gasteiger partial charge is 0.465 e. The maximum absolute atomic E-state index is 13.1. The zero-order valence-corrected chi connectivity index (χ0v) is 47.1. The summed E-state index contributed by atoms with van der Waals surface area (Å²) < 4.78 is 53.5. The zero-order valence-electron chi connectivity index (χ0n) is 47.1. The van der Waals surface area contributed by atoms with Gasteiger partial charge in [0.25, 0.3) is 0 Å². The number of rotatable bonds is 30. The van der Waals surface area contributed by atoms with Crippen molar-refractivity contribution in [3.8, 4) is 23.0 Å². The number of carbonyl (C=O) groups excluding carboxylic acids is 10. The number of carbonyl (C=O) groups is 10. The standard InChI is InChI=1S/C62H74O20/c1-7-51(63)75-37-61(3,4)39-77-55(67)31-29-53(65)73-35-33-41-9-21-47(22-10-41)79-57(69)43-13-17-45(18-14-43)59(71)81-49-25-27-50(28-26-49)82-60(72)46-19-15-44(16-20-46)58(70)80-48-23-11-42(12-24-48)34-36-74-54(66)30-32-56(68)78-40-62(5,6)38-76-52(64)8-2/h7-12,21-28,43-46H,1-2,13-20,29-40H2,3-6H3/t43-,44-,45-,46-. The lowest BCUT2D eigenvalue weighted by Gasteiger charge is -2.26. The lowest BCUT2D eigenvalue weighted by atomic mass is 9.82. The third kappa shape index (κ3) is 23.5. The number of esters is 10. The van der Waals surface area contributed by atoms with Crippen molar-refractivity contribution < 1.29 is 95.3 Å². The molecular formula is C62H74O20. The average molecular weight is 1140 g/mol. The predicted molar refractivity (Wildman–Crippen MR) is 292 cm³/mol. The van der Waals surface area contributed by atoms with Gasteiger partial charge in [0.1, 0.15) is 23.0 Å². The third-order valence-corrected chi connectivity index (χ3v) is 13.5. The Kier molecular flexibility index (Phi) is 25.5. The Morgan fingerprint density at radius 3 is 0.866 bits per heavy atom. The molecule has 20 heteroatoms. The molecule has 20 nitrogen and oxygen atoms in total. The molecule has 2 saturated carbocycles. The molecule has 3 aromatic carbocycles. The summed E-state index contributed by atoms with van der Waals surface area (Å²) in [6.07, 6.45) is 5.75. The molecule has 0 bridgehead atoms. The second-order valence-corrected chi connectivity index (χ2v) is 21.8. The highest BCUT2D eigenvalue weighted by molar-refractivity contribution is 5.82. The van der Waals surface area contributed by atoms with Gasteiger partial charge < -0.3 is 47.4 Å². The lowest BCUT2D eigenvalue weighted by molar-refractivity contribution is -0.154. The molecule has 0 saturated heterocycles. The molecule has 0 amide bonds. The minimum atomic E-state index is -0.617. The second-order valence-electron chi connectivity index (χ2n) is 21.8. The van der Waals surface area contributed by atoms with Crippen LogP contribution in [0.5, 0.6) is 23.0 Å². The minimum absolute atomic E-state index is 0.000586. The van der Waals surface area contributed by atoms with Crippen LogP contribution in [0.3, 0.4) is 0 Å². The first-order valence-corrected chi connectivity index (χ1v) is 27.4. The van der Waals surface area contributed by atoms with Gasteiger partial charge in [-0.2, -0.15) is 0 Å². The molecule has 2 aliphatic carbocycles. The molecule has 0 aliphatic heterocycles. The summed E-state index contributed by atoms with van der Waals surface area (Å²) >= 11 is 0. The summed E-state index contributed by atoms with van der Waals surface area (Å²) in [5.74, 6) is -5.40. The Morgan fingerprint density at radius 2 is 0.610 bits per heavy atom. The van der Waals surface area contributed by atoms with Crippen LogP contribution in [0, 0.1) is 34.5 Å². The van der Waals surface area contributed by atoms with Gasteiger partial charge in [0.15, 0.2) is 0 Å². The summed E-state index contributed by atoms with van der Waals surface area (Å²) in [5.41, 5.74) is 0.438. The highest BCUT2D eigenvalue weighted by Gasteiger charge is 2.34. The first kappa shape index (κ1) is 64.7. The molecule has 82 heavy (non-hydrogen) atoms. The SMILES string of the molecule is C=CC(=O)OCC(C)(C)COC(=O)CCC(=O)OCCc1ccc(OC(=O)[C@H]2CC[C@H](C(=O)Oc3ccc(OC(=O)[C@H]4CC[C@H](C(=O)Oc5ccc(CCOC(=O)CCC(=O)OCC(C)(C)COC(=O)C=C)cc5)CC4)cc3)CC2)cc1. The summed E-state index contributed by atoms with van der Waals surface area (Å²) in [5, 5.41) is 0. The quantitative estimate of drug-likeness (QED) is 0.0261. The van der Waals surface area contributed by atoms with Gasteiger partial charge in [-0.05, 0) is 111 Å². The van der Waals surface area contributed by atoms with Crippen molar-refractivity contribution in [2.24, 2.45) is 34.5 Å². The molecule has 0 N–H and O–H groups in total. The van der Waals surface area contributed by atoms with Crippen LogP contribution >= 0.6 is 0 Å². The Labute approximate surface area is 477 Å². The number of ether oxygens (including phenoxy) is 10. The van der Waals surface area contributed by atoms with E-state index in [1.165, 1.54) is 0 Å². The van der Waals surface area contributed by atoms with Gasteiger partial charge in [-0.1, -0.05) is 65.1 Å². The summed E-state index contributed by atoms with van der Waals surface area (Å²) in [6.45, 7) is 14.0. The normalized spacial score (nSPS) is 16.8. The van der Waals surface area contributed by atoms with Gasteiger partial charge in [-0.15, -0.1) is 0 Å². The van der Waals surface area contributed by atoms with Crippen LogP contribution in [0.2, 0.25) is 0 Å². The van der Waals surface area contributed by atoms with E-state index in [-0.39, 0.29) is 76.8 Å². The summed E-state index contributed by atoms with van der Waals surface area (Å²) in [4.78, 5) is 123.